The van der Waals surface area contributed by atoms with Gasteiger partial charge in [0.15, 0.2) is 0 Å². The molecule has 1 aromatic carbocycles. The minimum absolute atomic E-state index is 0.630. The second kappa shape index (κ2) is 8.52. The highest BCUT2D eigenvalue weighted by Crippen LogP contribution is 2.17. The van der Waals surface area contributed by atoms with E-state index in [-0.39, 0.29) is 0 Å². The summed E-state index contributed by atoms with van der Waals surface area (Å²) in [5.41, 5.74) is 0.640. The quantitative estimate of drug-likeness (QED) is 0.489. The number of ether oxygens (including phenoxy) is 1. The van der Waals surface area contributed by atoms with Crippen molar-refractivity contribution in [1.82, 2.24) is 15.2 Å². The predicted octanol–water partition coefficient (Wildman–Crippen LogP) is 3.89. The molecule has 0 fully saturated rings. The van der Waals surface area contributed by atoms with Crippen LogP contribution in [0.3, 0.4) is 0 Å². The van der Waals surface area contributed by atoms with Gasteiger partial charge in [0.1, 0.15) is 11.6 Å². The zero-order valence-electron chi connectivity index (χ0n) is 12.9. The van der Waals surface area contributed by atoms with Gasteiger partial charge in [-0.05, 0) is 42.1 Å². The third kappa shape index (κ3) is 4.85. The number of aromatic amines is 1. The number of H-pyrrole nitrogens is 1. The number of hydrogen-bond donors (Lipinski definition) is 1. The van der Waals surface area contributed by atoms with Crippen molar-refractivity contribution in [2.75, 3.05) is 12.4 Å². The number of thiophene rings is 1. The van der Waals surface area contributed by atoms with Crippen molar-refractivity contribution >= 4 is 23.1 Å². The average Bonchev–Trinajstić information content (AvgIpc) is 3.28. The summed E-state index contributed by atoms with van der Waals surface area (Å²) in [5.74, 6) is 2.58. The highest BCUT2D eigenvalue weighted by Gasteiger charge is 2.05. The second-order valence-corrected chi connectivity index (χ2v) is 7.10. The van der Waals surface area contributed by atoms with Gasteiger partial charge < -0.3 is 4.74 Å². The Bertz CT molecular complexity index is 791. The summed E-state index contributed by atoms with van der Waals surface area (Å²) in [5, 5.41) is 18.8. The number of rotatable bonds is 8. The summed E-state index contributed by atoms with van der Waals surface area (Å²) in [6.07, 6.45) is 1.70. The maximum absolute atomic E-state index is 8.75. The lowest BCUT2D eigenvalue weighted by Crippen LogP contribution is -1.98. The molecule has 2 heterocycles. The van der Waals surface area contributed by atoms with E-state index in [2.05, 4.69) is 32.7 Å². The molecule has 0 unspecified atom stereocenters. The molecule has 7 heteroatoms. The molecule has 5 nitrogen and oxygen atoms in total. The molecule has 0 aliphatic heterocycles. The van der Waals surface area contributed by atoms with Gasteiger partial charge in [0.2, 0.25) is 5.16 Å². The molecule has 3 rings (SSSR count). The fraction of sp³-hybridized carbons (Fsp3) is 0.235. The van der Waals surface area contributed by atoms with Gasteiger partial charge in [0.25, 0.3) is 0 Å². The van der Waals surface area contributed by atoms with E-state index in [9.17, 15) is 0 Å². The van der Waals surface area contributed by atoms with Crippen LogP contribution in [-0.4, -0.2) is 27.5 Å². The van der Waals surface area contributed by atoms with Crippen LogP contribution >= 0.6 is 23.1 Å². The van der Waals surface area contributed by atoms with E-state index >= 15 is 0 Å². The lowest BCUT2D eigenvalue weighted by atomic mass is 10.2. The van der Waals surface area contributed by atoms with Crippen molar-refractivity contribution in [2.24, 2.45) is 0 Å². The van der Waals surface area contributed by atoms with E-state index in [4.69, 9.17) is 10.00 Å². The van der Waals surface area contributed by atoms with Crippen LogP contribution in [-0.2, 0) is 6.42 Å². The number of nitrogens with one attached hydrogen (secondary N) is 1. The number of nitriles is 1. The van der Waals surface area contributed by atoms with E-state index < -0.39 is 0 Å². The van der Waals surface area contributed by atoms with Crippen LogP contribution < -0.4 is 4.74 Å². The third-order valence-corrected chi connectivity index (χ3v) is 5.01. The van der Waals surface area contributed by atoms with Crippen LogP contribution in [0, 0.1) is 11.3 Å². The molecule has 0 saturated carbocycles. The Kier molecular flexibility index (Phi) is 5.88. The minimum Gasteiger partial charge on any atom is -0.494 e. The Morgan fingerprint density at radius 3 is 2.88 bits per heavy atom. The van der Waals surface area contributed by atoms with E-state index in [0.717, 1.165) is 35.3 Å². The van der Waals surface area contributed by atoms with E-state index in [0.29, 0.717) is 12.2 Å². The molecule has 1 N–H and O–H groups in total. The summed E-state index contributed by atoms with van der Waals surface area (Å²) in [6.45, 7) is 0.630. The fourth-order valence-corrected chi connectivity index (χ4v) is 3.48. The summed E-state index contributed by atoms with van der Waals surface area (Å²) in [4.78, 5) is 5.77. The topological polar surface area (TPSA) is 74.6 Å². The van der Waals surface area contributed by atoms with Crippen LogP contribution in [0.15, 0.2) is 46.9 Å². The van der Waals surface area contributed by atoms with Gasteiger partial charge in [-0.2, -0.15) is 5.26 Å². The molecule has 0 saturated heterocycles. The standard InChI is InChI=1S/C17H16N4OS2/c18-12-13-4-6-14(7-5-13)22-8-2-10-24-17-19-16(20-21-17)11-15-3-1-9-23-15/h1,3-7,9H,2,8,10-11H2,(H,19,20,21). The average molecular weight is 356 g/mol. The Morgan fingerprint density at radius 2 is 2.12 bits per heavy atom. The van der Waals surface area contributed by atoms with Crippen LogP contribution in [0.25, 0.3) is 0 Å². The predicted molar refractivity (Wildman–Crippen MR) is 95.5 cm³/mol. The molecule has 3 aromatic rings. The molecule has 122 valence electrons. The monoisotopic (exact) mass is 356 g/mol. The number of hydrogen-bond acceptors (Lipinski definition) is 6. The molecule has 0 radical (unpaired) electrons. The summed E-state index contributed by atoms with van der Waals surface area (Å²) in [6, 6.07) is 13.4. The molecule has 2 aromatic heterocycles. The maximum Gasteiger partial charge on any atom is 0.208 e. The van der Waals surface area contributed by atoms with Crippen molar-refractivity contribution in [3.8, 4) is 11.8 Å². The van der Waals surface area contributed by atoms with Gasteiger partial charge in [0.05, 0.1) is 18.2 Å². The number of benzene rings is 1. The van der Waals surface area contributed by atoms with E-state index in [1.165, 1.54) is 4.88 Å². The van der Waals surface area contributed by atoms with Gasteiger partial charge in [-0.3, -0.25) is 5.10 Å². The van der Waals surface area contributed by atoms with E-state index in [1.54, 1.807) is 35.2 Å². The van der Waals surface area contributed by atoms with Gasteiger partial charge in [-0.15, -0.1) is 16.4 Å². The van der Waals surface area contributed by atoms with Crippen LogP contribution in [0.5, 0.6) is 5.75 Å². The molecule has 0 aliphatic carbocycles. The minimum atomic E-state index is 0.630. The fourth-order valence-electron chi connectivity index (χ4n) is 2.04. The van der Waals surface area contributed by atoms with Crippen LogP contribution in [0.2, 0.25) is 0 Å². The van der Waals surface area contributed by atoms with Crippen molar-refractivity contribution < 1.29 is 4.74 Å². The summed E-state index contributed by atoms with van der Waals surface area (Å²) < 4.78 is 5.65. The molecule has 0 amide bonds. The van der Waals surface area contributed by atoms with Crippen LogP contribution in [0.1, 0.15) is 22.7 Å². The summed E-state index contributed by atoms with van der Waals surface area (Å²) >= 11 is 3.34. The SMILES string of the molecule is N#Cc1ccc(OCCCSc2n[nH]c(Cc3cccs3)n2)cc1. The van der Waals surface area contributed by atoms with Crippen molar-refractivity contribution in [1.29, 1.82) is 5.26 Å². The molecular formula is C17H16N4OS2. The highest BCUT2D eigenvalue weighted by atomic mass is 32.2. The maximum atomic E-state index is 8.75. The van der Waals surface area contributed by atoms with Gasteiger partial charge in [-0.25, -0.2) is 4.98 Å². The zero-order valence-corrected chi connectivity index (χ0v) is 14.6. The summed E-state index contributed by atoms with van der Waals surface area (Å²) in [7, 11) is 0. The van der Waals surface area contributed by atoms with Crippen molar-refractivity contribution in [2.45, 2.75) is 18.0 Å². The van der Waals surface area contributed by atoms with Crippen molar-refractivity contribution in [3.63, 3.8) is 0 Å². The first-order valence-corrected chi connectivity index (χ1v) is 9.39. The molecular weight excluding hydrogens is 340 g/mol. The second-order valence-electron chi connectivity index (χ2n) is 5.01. The zero-order chi connectivity index (χ0) is 16.6. The van der Waals surface area contributed by atoms with Gasteiger partial charge in [-0.1, -0.05) is 17.8 Å². The lowest BCUT2D eigenvalue weighted by molar-refractivity contribution is 0.318. The van der Waals surface area contributed by atoms with E-state index in [1.807, 2.05) is 18.2 Å². The Labute approximate surface area is 148 Å². The molecule has 0 aliphatic rings. The third-order valence-electron chi connectivity index (χ3n) is 3.20. The first kappa shape index (κ1) is 16.6. The largest absolute Gasteiger partial charge is 0.494 e. The first-order valence-electron chi connectivity index (χ1n) is 7.53. The Hall–Kier alpha value is -2.30. The molecule has 0 atom stereocenters. The number of thioether (sulfide) groups is 1. The molecule has 0 spiro atoms. The van der Waals surface area contributed by atoms with Gasteiger partial charge >= 0.3 is 0 Å². The first-order chi connectivity index (χ1) is 11.8. The highest BCUT2D eigenvalue weighted by molar-refractivity contribution is 7.99. The van der Waals surface area contributed by atoms with Gasteiger partial charge in [0, 0.05) is 17.1 Å². The molecule has 24 heavy (non-hydrogen) atoms. The Balaban J connectivity index is 1.36. The number of nitrogens with zero attached hydrogens (tertiary/aromatic N) is 3. The number of aromatic nitrogens is 3. The smallest absolute Gasteiger partial charge is 0.208 e. The lowest BCUT2D eigenvalue weighted by Gasteiger charge is -2.05. The van der Waals surface area contributed by atoms with Crippen molar-refractivity contribution in [3.05, 3.63) is 58.0 Å². The molecule has 0 bridgehead atoms. The normalized spacial score (nSPS) is 10.5. The Morgan fingerprint density at radius 1 is 1.25 bits per heavy atom. The van der Waals surface area contributed by atoms with Crippen LogP contribution in [0.4, 0.5) is 0 Å².